The van der Waals surface area contributed by atoms with E-state index in [0.29, 0.717) is 6.04 Å². The van der Waals surface area contributed by atoms with E-state index in [-0.39, 0.29) is 11.8 Å². The van der Waals surface area contributed by atoms with Crippen LogP contribution in [0.15, 0.2) is 36.5 Å². The van der Waals surface area contributed by atoms with Gasteiger partial charge in [0.1, 0.15) is 0 Å². The number of anilines is 1. The summed E-state index contributed by atoms with van der Waals surface area (Å²) in [4.78, 5) is 16.6. The SMILES string of the molecule is C[C@H]1C[C@@H](C(=O)Nc2ccc3ncccc3c2)CCN1. The molecule has 1 aliphatic heterocycles. The topological polar surface area (TPSA) is 54.0 Å². The zero-order valence-corrected chi connectivity index (χ0v) is 11.6. The molecule has 1 saturated heterocycles. The van der Waals surface area contributed by atoms with Gasteiger partial charge in [0.2, 0.25) is 5.91 Å². The Labute approximate surface area is 118 Å². The quantitative estimate of drug-likeness (QED) is 0.881. The number of hydrogen-bond donors (Lipinski definition) is 2. The number of rotatable bonds is 2. The molecule has 1 fully saturated rings. The lowest BCUT2D eigenvalue weighted by atomic mass is 9.92. The van der Waals surface area contributed by atoms with Gasteiger partial charge in [-0.2, -0.15) is 0 Å². The van der Waals surface area contributed by atoms with E-state index in [1.165, 1.54) is 0 Å². The summed E-state index contributed by atoms with van der Waals surface area (Å²) < 4.78 is 0. The number of fused-ring (bicyclic) bond motifs is 1. The maximum absolute atomic E-state index is 12.3. The Morgan fingerprint density at radius 3 is 3.15 bits per heavy atom. The van der Waals surface area contributed by atoms with Crippen LogP contribution < -0.4 is 10.6 Å². The summed E-state index contributed by atoms with van der Waals surface area (Å²) in [6.07, 6.45) is 3.59. The summed E-state index contributed by atoms with van der Waals surface area (Å²) in [6.45, 7) is 3.04. The highest BCUT2D eigenvalue weighted by Gasteiger charge is 2.24. The average Bonchev–Trinajstić information content (AvgIpc) is 2.47. The van der Waals surface area contributed by atoms with Crippen LogP contribution in [0, 0.1) is 5.92 Å². The summed E-state index contributed by atoms with van der Waals surface area (Å²) in [6, 6.07) is 10.2. The van der Waals surface area contributed by atoms with Crippen LogP contribution in [-0.4, -0.2) is 23.5 Å². The lowest BCUT2D eigenvalue weighted by molar-refractivity contribution is -0.120. The monoisotopic (exact) mass is 269 g/mol. The molecule has 0 bridgehead atoms. The van der Waals surface area contributed by atoms with Crippen molar-refractivity contribution >= 4 is 22.5 Å². The summed E-state index contributed by atoms with van der Waals surface area (Å²) in [5.41, 5.74) is 1.79. The van der Waals surface area contributed by atoms with Crippen LogP contribution in [-0.2, 0) is 4.79 Å². The van der Waals surface area contributed by atoms with E-state index in [2.05, 4.69) is 22.5 Å². The highest BCUT2D eigenvalue weighted by atomic mass is 16.1. The number of nitrogens with zero attached hydrogens (tertiary/aromatic N) is 1. The van der Waals surface area contributed by atoms with Gasteiger partial charge in [-0.3, -0.25) is 9.78 Å². The first-order valence-corrected chi connectivity index (χ1v) is 7.11. The predicted molar refractivity (Wildman–Crippen MR) is 80.6 cm³/mol. The van der Waals surface area contributed by atoms with Crippen molar-refractivity contribution in [3.8, 4) is 0 Å². The summed E-state index contributed by atoms with van der Waals surface area (Å²) in [7, 11) is 0. The Hall–Kier alpha value is -1.94. The second-order valence-corrected chi connectivity index (χ2v) is 5.48. The maximum Gasteiger partial charge on any atom is 0.227 e. The molecule has 0 spiro atoms. The molecular formula is C16H19N3O. The minimum absolute atomic E-state index is 0.107. The molecule has 0 saturated carbocycles. The van der Waals surface area contributed by atoms with Gasteiger partial charge in [-0.15, -0.1) is 0 Å². The van der Waals surface area contributed by atoms with E-state index < -0.39 is 0 Å². The fourth-order valence-corrected chi connectivity index (χ4v) is 2.77. The van der Waals surface area contributed by atoms with Crippen LogP contribution in [0.3, 0.4) is 0 Å². The van der Waals surface area contributed by atoms with Crippen molar-refractivity contribution in [2.24, 2.45) is 5.92 Å². The lowest BCUT2D eigenvalue weighted by Gasteiger charge is -2.27. The molecule has 104 valence electrons. The van der Waals surface area contributed by atoms with Crippen molar-refractivity contribution in [3.63, 3.8) is 0 Å². The highest BCUT2D eigenvalue weighted by Crippen LogP contribution is 2.21. The van der Waals surface area contributed by atoms with Gasteiger partial charge in [0.25, 0.3) is 0 Å². The minimum Gasteiger partial charge on any atom is -0.326 e. The van der Waals surface area contributed by atoms with Crippen LogP contribution in [0.4, 0.5) is 5.69 Å². The van der Waals surface area contributed by atoms with Crippen molar-refractivity contribution in [1.82, 2.24) is 10.3 Å². The number of carbonyl (C=O) groups excluding carboxylic acids is 1. The summed E-state index contributed by atoms with van der Waals surface area (Å²) in [5.74, 6) is 0.234. The molecule has 20 heavy (non-hydrogen) atoms. The van der Waals surface area contributed by atoms with E-state index in [1.54, 1.807) is 6.20 Å². The van der Waals surface area contributed by atoms with Gasteiger partial charge in [0.05, 0.1) is 5.52 Å². The van der Waals surface area contributed by atoms with E-state index in [4.69, 9.17) is 0 Å². The Bertz CT molecular complexity index is 626. The number of piperidine rings is 1. The number of carbonyl (C=O) groups is 1. The molecule has 2 heterocycles. The average molecular weight is 269 g/mol. The second-order valence-electron chi connectivity index (χ2n) is 5.48. The van der Waals surface area contributed by atoms with Gasteiger partial charge in [-0.05, 0) is 50.6 Å². The van der Waals surface area contributed by atoms with Gasteiger partial charge in [0.15, 0.2) is 0 Å². The first-order chi connectivity index (χ1) is 9.72. The molecule has 4 nitrogen and oxygen atoms in total. The number of benzene rings is 1. The Kier molecular flexibility index (Phi) is 3.65. The standard InChI is InChI=1S/C16H19N3O/c1-11-9-13(6-8-17-11)16(20)19-14-4-5-15-12(10-14)3-2-7-18-15/h2-5,7,10-11,13,17H,6,8-9H2,1H3,(H,19,20)/t11-,13-/m0/s1. The van der Waals surface area contributed by atoms with Crippen LogP contribution >= 0.6 is 0 Å². The molecule has 0 unspecified atom stereocenters. The maximum atomic E-state index is 12.3. The fraction of sp³-hybridized carbons (Fsp3) is 0.375. The fourth-order valence-electron chi connectivity index (χ4n) is 2.77. The molecule has 2 atom stereocenters. The van der Waals surface area contributed by atoms with E-state index in [0.717, 1.165) is 36.0 Å². The third kappa shape index (κ3) is 2.80. The van der Waals surface area contributed by atoms with Crippen LogP contribution in [0.2, 0.25) is 0 Å². The van der Waals surface area contributed by atoms with Crippen molar-refractivity contribution in [3.05, 3.63) is 36.5 Å². The van der Waals surface area contributed by atoms with Crippen LogP contribution in [0.1, 0.15) is 19.8 Å². The smallest absolute Gasteiger partial charge is 0.227 e. The number of aromatic nitrogens is 1. The molecule has 3 rings (SSSR count). The number of pyridine rings is 1. The largest absolute Gasteiger partial charge is 0.326 e. The lowest BCUT2D eigenvalue weighted by Crippen LogP contribution is -2.40. The van der Waals surface area contributed by atoms with Gasteiger partial charge in [-0.25, -0.2) is 0 Å². The van der Waals surface area contributed by atoms with Crippen molar-refractivity contribution in [1.29, 1.82) is 0 Å². The first-order valence-electron chi connectivity index (χ1n) is 7.11. The van der Waals surface area contributed by atoms with Crippen molar-refractivity contribution in [2.75, 3.05) is 11.9 Å². The molecular weight excluding hydrogens is 250 g/mol. The van der Waals surface area contributed by atoms with Crippen LogP contribution in [0.5, 0.6) is 0 Å². The third-order valence-electron chi connectivity index (χ3n) is 3.86. The molecule has 2 aromatic rings. The second kappa shape index (κ2) is 5.59. The molecule has 1 aliphatic rings. The predicted octanol–water partition coefficient (Wildman–Crippen LogP) is 2.56. The minimum atomic E-state index is 0.107. The number of amides is 1. The van der Waals surface area contributed by atoms with E-state index in [1.807, 2.05) is 30.3 Å². The first kappa shape index (κ1) is 13.1. The summed E-state index contributed by atoms with van der Waals surface area (Å²) in [5, 5.41) is 7.44. The molecule has 1 aromatic heterocycles. The van der Waals surface area contributed by atoms with Gasteiger partial charge < -0.3 is 10.6 Å². The zero-order chi connectivity index (χ0) is 13.9. The van der Waals surface area contributed by atoms with Crippen molar-refractivity contribution in [2.45, 2.75) is 25.8 Å². The highest BCUT2D eigenvalue weighted by molar-refractivity contribution is 5.95. The van der Waals surface area contributed by atoms with E-state index >= 15 is 0 Å². The molecule has 1 amide bonds. The Morgan fingerprint density at radius 2 is 2.30 bits per heavy atom. The third-order valence-corrected chi connectivity index (χ3v) is 3.86. The molecule has 2 N–H and O–H groups in total. The Morgan fingerprint density at radius 1 is 1.40 bits per heavy atom. The molecule has 4 heteroatoms. The Balaban J connectivity index is 1.73. The zero-order valence-electron chi connectivity index (χ0n) is 11.6. The molecule has 1 aromatic carbocycles. The summed E-state index contributed by atoms with van der Waals surface area (Å²) >= 11 is 0. The number of nitrogens with one attached hydrogen (secondary N) is 2. The van der Waals surface area contributed by atoms with Gasteiger partial charge >= 0.3 is 0 Å². The van der Waals surface area contributed by atoms with Gasteiger partial charge in [-0.1, -0.05) is 6.07 Å². The molecule has 0 radical (unpaired) electrons. The van der Waals surface area contributed by atoms with E-state index in [9.17, 15) is 4.79 Å². The molecule has 0 aliphatic carbocycles. The number of hydrogen-bond acceptors (Lipinski definition) is 3. The normalized spacial score (nSPS) is 22.6. The van der Waals surface area contributed by atoms with Gasteiger partial charge in [0, 0.05) is 29.2 Å². The van der Waals surface area contributed by atoms with Crippen molar-refractivity contribution < 1.29 is 4.79 Å². The van der Waals surface area contributed by atoms with Crippen LogP contribution in [0.25, 0.3) is 10.9 Å².